The van der Waals surface area contributed by atoms with E-state index in [-0.39, 0.29) is 0 Å². The lowest BCUT2D eigenvalue weighted by Crippen LogP contribution is -2.25. The maximum atomic E-state index is 3.89. The quantitative estimate of drug-likeness (QED) is 0.481. The Morgan fingerprint density at radius 3 is 2.12 bits per heavy atom. The van der Waals surface area contributed by atoms with E-state index in [4.69, 9.17) is 0 Å². The Bertz CT molecular complexity index is 76.6. The van der Waals surface area contributed by atoms with E-state index < -0.39 is 0 Å². The summed E-state index contributed by atoms with van der Waals surface area (Å²) in [6.07, 6.45) is 1.92. The molecule has 0 aromatic rings. The van der Waals surface area contributed by atoms with E-state index in [0.717, 1.165) is 0 Å². The molecule has 1 unspecified atom stereocenters. The fourth-order valence-corrected chi connectivity index (χ4v) is 0.349. The van der Waals surface area contributed by atoms with Crippen LogP contribution in [0, 0.1) is 0 Å². The molecule has 0 bridgehead atoms. The van der Waals surface area contributed by atoms with Crippen LogP contribution in [0.4, 0.5) is 0 Å². The predicted molar refractivity (Wildman–Crippen MR) is 37.6 cm³/mol. The molecule has 0 aromatic heterocycles. The molecule has 0 spiro atoms. The van der Waals surface area contributed by atoms with Gasteiger partial charge in [0.2, 0.25) is 0 Å². The van der Waals surface area contributed by atoms with E-state index in [0.29, 0.717) is 6.04 Å². The predicted octanol–water partition coefficient (Wildman–Crippen LogP) is 0.637. The lowest BCUT2D eigenvalue weighted by atomic mass is 10.3. The first-order valence-electron chi connectivity index (χ1n) is 2.77. The summed E-state index contributed by atoms with van der Waals surface area (Å²) in [7, 11) is 5.86. The van der Waals surface area contributed by atoms with Crippen LogP contribution in [0.2, 0.25) is 0 Å². The van der Waals surface area contributed by atoms with Crippen LogP contribution in [-0.4, -0.2) is 38.3 Å². The van der Waals surface area contributed by atoms with Gasteiger partial charge in [0.25, 0.3) is 0 Å². The number of hydrogen-bond acceptors (Lipinski definition) is 2. The van der Waals surface area contributed by atoms with Gasteiger partial charge in [-0.1, -0.05) is 0 Å². The molecule has 2 nitrogen and oxygen atoms in total. The van der Waals surface area contributed by atoms with Crippen molar-refractivity contribution >= 4 is 6.21 Å². The van der Waals surface area contributed by atoms with E-state index in [1.165, 1.54) is 0 Å². The van der Waals surface area contributed by atoms with E-state index >= 15 is 0 Å². The second kappa shape index (κ2) is 3.61. The van der Waals surface area contributed by atoms with Crippen LogP contribution in [0.25, 0.3) is 0 Å². The summed E-state index contributed by atoms with van der Waals surface area (Å²) >= 11 is 0. The van der Waals surface area contributed by atoms with Crippen molar-refractivity contribution in [1.29, 1.82) is 0 Å². The molecule has 0 rings (SSSR count). The highest BCUT2D eigenvalue weighted by molar-refractivity contribution is 5.63. The zero-order valence-corrected chi connectivity index (χ0v) is 6.05. The highest BCUT2D eigenvalue weighted by Crippen LogP contribution is 1.84. The second-order valence-corrected chi connectivity index (χ2v) is 2.11. The normalized spacial score (nSPS) is 15.6. The molecule has 48 valence electrons. The molecule has 0 saturated heterocycles. The van der Waals surface area contributed by atoms with Gasteiger partial charge in [-0.2, -0.15) is 0 Å². The second-order valence-electron chi connectivity index (χ2n) is 2.11. The average Bonchev–Trinajstić information content (AvgIpc) is 1.67. The number of hydrogen-bond donors (Lipinski definition) is 0. The van der Waals surface area contributed by atoms with Crippen molar-refractivity contribution in [2.45, 2.75) is 13.0 Å². The van der Waals surface area contributed by atoms with Crippen molar-refractivity contribution in [1.82, 2.24) is 4.90 Å². The molecule has 1 atom stereocenters. The maximum Gasteiger partial charge on any atom is 0.0412 e. The number of aliphatic imine (C=N–C) groups is 1. The summed E-state index contributed by atoms with van der Waals surface area (Å²) in [5.41, 5.74) is 0. The van der Waals surface area contributed by atoms with Crippen LogP contribution in [0.5, 0.6) is 0 Å². The summed E-state index contributed by atoms with van der Waals surface area (Å²) in [4.78, 5) is 5.99. The summed E-state index contributed by atoms with van der Waals surface area (Å²) in [6.45, 7) is 2.10. The zero-order valence-electron chi connectivity index (χ0n) is 6.05. The molecule has 2 heteroatoms. The van der Waals surface area contributed by atoms with Crippen LogP contribution in [0.1, 0.15) is 6.92 Å². The number of nitrogens with zero attached hydrogens (tertiary/aromatic N) is 2. The minimum Gasteiger partial charge on any atom is -0.302 e. The van der Waals surface area contributed by atoms with Gasteiger partial charge in [0.1, 0.15) is 0 Å². The summed E-state index contributed by atoms with van der Waals surface area (Å²) in [5.74, 6) is 0. The van der Waals surface area contributed by atoms with Gasteiger partial charge in [-0.15, -0.1) is 0 Å². The first-order chi connectivity index (χ1) is 3.68. The average molecular weight is 114 g/mol. The van der Waals surface area contributed by atoms with Crippen molar-refractivity contribution in [3.05, 3.63) is 0 Å². The standard InChI is InChI=1S/C6H14N2/c1-6(5-7-2)8(3)4/h5-6H,1-4H3. The Kier molecular flexibility index (Phi) is 3.44. The van der Waals surface area contributed by atoms with Crippen LogP contribution in [0.15, 0.2) is 4.99 Å². The Labute approximate surface area is 51.2 Å². The lowest BCUT2D eigenvalue weighted by Gasteiger charge is -2.13. The Morgan fingerprint density at radius 1 is 1.50 bits per heavy atom. The van der Waals surface area contributed by atoms with Gasteiger partial charge >= 0.3 is 0 Å². The van der Waals surface area contributed by atoms with Gasteiger partial charge in [-0.3, -0.25) is 4.99 Å². The third-order valence-electron chi connectivity index (χ3n) is 1.18. The van der Waals surface area contributed by atoms with Gasteiger partial charge in [-0.25, -0.2) is 0 Å². The monoisotopic (exact) mass is 114 g/mol. The molecule has 0 N–H and O–H groups in total. The van der Waals surface area contributed by atoms with Crippen LogP contribution >= 0.6 is 0 Å². The topological polar surface area (TPSA) is 15.6 Å². The van der Waals surface area contributed by atoms with E-state index in [2.05, 4.69) is 16.8 Å². The summed E-state index contributed by atoms with van der Waals surface area (Å²) < 4.78 is 0. The van der Waals surface area contributed by atoms with Gasteiger partial charge < -0.3 is 4.90 Å². The van der Waals surface area contributed by atoms with E-state index in [1.807, 2.05) is 20.3 Å². The van der Waals surface area contributed by atoms with Crippen molar-refractivity contribution in [2.24, 2.45) is 4.99 Å². The third-order valence-corrected chi connectivity index (χ3v) is 1.18. The minimum atomic E-state index is 0.458. The smallest absolute Gasteiger partial charge is 0.0412 e. The van der Waals surface area contributed by atoms with Gasteiger partial charge in [0.15, 0.2) is 0 Å². The highest BCUT2D eigenvalue weighted by Gasteiger charge is 1.96. The van der Waals surface area contributed by atoms with E-state index in [9.17, 15) is 0 Å². The van der Waals surface area contributed by atoms with Crippen molar-refractivity contribution < 1.29 is 0 Å². The molecule has 0 heterocycles. The largest absolute Gasteiger partial charge is 0.302 e. The molecule has 0 aliphatic carbocycles. The van der Waals surface area contributed by atoms with Crippen molar-refractivity contribution in [3.8, 4) is 0 Å². The first kappa shape index (κ1) is 7.63. The number of rotatable bonds is 2. The fourth-order valence-electron chi connectivity index (χ4n) is 0.349. The molecule has 0 radical (unpaired) electrons. The van der Waals surface area contributed by atoms with Crippen molar-refractivity contribution in [3.63, 3.8) is 0 Å². The van der Waals surface area contributed by atoms with Crippen LogP contribution in [0.3, 0.4) is 0 Å². The summed E-state index contributed by atoms with van der Waals surface area (Å²) in [5, 5.41) is 0. The van der Waals surface area contributed by atoms with Crippen LogP contribution in [-0.2, 0) is 0 Å². The molecule has 0 aliphatic rings. The molecular formula is C6H14N2. The molecule has 0 aromatic carbocycles. The highest BCUT2D eigenvalue weighted by atomic mass is 15.1. The van der Waals surface area contributed by atoms with Gasteiger partial charge in [-0.05, 0) is 21.0 Å². The Hall–Kier alpha value is -0.370. The minimum absolute atomic E-state index is 0.458. The van der Waals surface area contributed by atoms with Crippen molar-refractivity contribution in [2.75, 3.05) is 21.1 Å². The molecule has 0 aliphatic heterocycles. The lowest BCUT2D eigenvalue weighted by molar-refractivity contribution is 0.386. The molecule has 0 fully saturated rings. The molecule has 0 saturated carbocycles. The SMILES string of the molecule is CN=CC(C)N(C)C. The Balaban J connectivity index is 3.47. The molecular weight excluding hydrogens is 100 g/mol. The van der Waals surface area contributed by atoms with Gasteiger partial charge in [0.05, 0.1) is 0 Å². The molecule has 8 heavy (non-hydrogen) atoms. The van der Waals surface area contributed by atoms with Crippen LogP contribution < -0.4 is 0 Å². The Morgan fingerprint density at radius 2 is 2.00 bits per heavy atom. The van der Waals surface area contributed by atoms with E-state index in [1.54, 1.807) is 7.05 Å². The summed E-state index contributed by atoms with van der Waals surface area (Å²) in [6, 6.07) is 0.458. The van der Waals surface area contributed by atoms with Gasteiger partial charge in [0, 0.05) is 19.3 Å². The zero-order chi connectivity index (χ0) is 6.57. The maximum absolute atomic E-state index is 3.89. The first-order valence-corrected chi connectivity index (χ1v) is 2.77. The third kappa shape index (κ3) is 2.75. The fraction of sp³-hybridized carbons (Fsp3) is 0.833. The molecule has 0 amide bonds.